The molecule has 6 heteroatoms. The molecular formula is C15H20N2O3S. The minimum absolute atomic E-state index is 0.0239. The number of hydrogen-bond donors (Lipinski definition) is 1. The Balaban J connectivity index is 1.79. The third-order valence-corrected chi connectivity index (χ3v) is 5.35. The van der Waals surface area contributed by atoms with Crippen molar-refractivity contribution < 1.29 is 13.2 Å². The number of nitrogens with zero attached hydrogens (tertiary/aromatic N) is 1. The van der Waals surface area contributed by atoms with Gasteiger partial charge in [0.05, 0.1) is 28.9 Å². The molecule has 0 aromatic heterocycles. The van der Waals surface area contributed by atoms with Crippen LogP contribution in [0.15, 0.2) is 29.2 Å². The van der Waals surface area contributed by atoms with Crippen LogP contribution in [-0.2, 0) is 14.6 Å². The lowest BCUT2D eigenvalue weighted by molar-refractivity contribution is 0.0988. The van der Waals surface area contributed by atoms with E-state index in [2.05, 4.69) is 5.32 Å². The maximum Gasteiger partial charge on any atom is 0.180 e. The largest absolute Gasteiger partial charge is 0.380 e. The lowest BCUT2D eigenvalue weighted by Gasteiger charge is -2.22. The van der Waals surface area contributed by atoms with Gasteiger partial charge < -0.3 is 10.1 Å². The van der Waals surface area contributed by atoms with Crippen LogP contribution in [0.3, 0.4) is 0 Å². The number of sulfone groups is 1. The quantitative estimate of drug-likeness (QED) is 0.803. The Morgan fingerprint density at radius 1 is 1.24 bits per heavy atom. The Bertz CT molecular complexity index is 584. The number of ether oxygens (including phenoxy) is 1. The van der Waals surface area contributed by atoms with E-state index >= 15 is 0 Å². The van der Waals surface area contributed by atoms with Crippen LogP contribution in [0, 0.1) is 17.2 Å². The highest BCUT2D eigenvalue weighted by atomic mass is 32.2. The first kappa shape index (κ1) is 16.0. The molecule has 114 valence electrons. The second kappa shape index (κ2) is 7.55. The van der Waals surface area contributed by atoms with Crippen LogP contribution in [0.25, 0.3) is 0 Å². The third-order valence-electron chi connectivity index (χ3n) is 3.65. The van der Waals surface area contributed by atoms with Crippen molar-refractivity contribution in [1.82, 2.24) is 5.32 Å². The molecule has 1 aliphatic rings. The van der Waals surface area contributed by atoms with E-state index in [1.54, 1.807) is 0 Å². The molecule has 21 heavy (non-hydrogen) atoms. The molecule has 1 saturated heterocycles. The number of benzene rings is 1. The topological polar surface area (TPSA) is 79.2 Å². The molecule has 0 amide bonds. The second-order valence-corrected chi connectivity index (χ2v) is 7.33. The maximum atomic E-state index is 12.1. The van der Waals surface area contributed by atoms with Gasteiger partial charge in [-0.15, -0.1) is 0 Å². The van der Waals surface area contributed by atoms with Crippen molar-refractivity contribution in [3.8, 4) is 6.07 Å². The average molecular weight is 308 g/mol. The fourth-order valence-corrected chi connectivity index (χ4v) is 3.45. The molecule has 1 aliphatic heterocycles. The molecular weight excluding hydrogens is 288 g/mol. The zero-order chi connectivity index (χ0) is 15.1. The fourth-order valence-electron chi connectivity index (χ4n) is 2.32. The molecule has 0 spiro atoms. The number of hydrogen-bond acceptors (Lipinski definition) is 5. The minimum Gasteiger partial charge on any atom is -0.380 e. The number of piperidine rings is 1. The predicted molar refractivity (Wildman–Crippen MR) is 79.6 cm³/mol. The summed E-state index contributed by atoms with van der Waals surface area (Å²) >= 11 is 0. The van der Waals surface area contributed by atoms with Crippen LogP contribution in [0.2, 0.25) is 0 Å². The standard InChI is InChI=1S/C15H20N2O3S/c16-11-13-1-3-15(4-2-13)21(18,19)10-9-20-12-14-5-7-17-8-6-14/h1-4,14,17H,5-10,12H2. The summed E-state index contributed by atoms with van der Waals surface area (Å²) in [7, 11) is -3.33. The van der Waals surface area contributed by atoms with Gasteiger partial charge in [-0.25, -0.2) is 8.42 Å². The van der Waals surface area contributed by atoms with Crippen LogP contribution in [0.1, 0.15) is 18.4 Å². The van der Waals surface area contributed by atoms with Crippen molar-refractivity contribution in [2.75, 3.05) is 32.1 Å². The molecule has 1 N–H and O–H groups in total. The van der Waals surface area contributed by atoms with Gasteiger partial charge in [-0.1, -0.05) is 0 Å². The summed E-state index contributed by atoms with van der Waals surface area (Å²) in [5.41, 5.74) is 0.455. The summed E-state index contributed by atoms with van der Waals surface area (Å²) in [6.07, 6.45) is 2.17. The van der Waals surface area contributed by atoms with Crippen LogP contribution >= 0.6 is 0 Å². The lowest BCUT2D eigenvalue weighted by Crippen LogP contribution is -2.30. The highest BCUT2D eigenvalue weighted by Gasteiger charge is 2.16. The molecule has 1 aromatic rings. The second-order valence-electron chi connectivity index (χ2n) is 5.22. The highest BCUT2D eigenvalue weighted by molar-refractivity contribution is 7.91. The summed E-state index contributed by atoms with van der Waals surface area (Å²) in [6.45, 7) is 2.87. The van der Waals surface area contributed by atoms with Gasteiger partial charge in [-0.05, 0) is 56.1 Å². The summed E-state index contributed by atoms with van der Waals surface area (Å²) in [5.74, 6) is 0.507. The van der Waals surface area contributed by atoms with E-state index in [0.29, 0.717) is 18.1 Å². The average Bonchev–Trinajstić information content (AvgIpc) is 2.53. The monoisotopic (exact) mass is 308 g/mol. The lowest BCUT2D eigenvalue weighted by atomic mass is 9.99. The highest BCUT2D eigenvalue weighted by Crippen LogP contribution is 2.14. The number of nitrogens with one attached hydrogen (secondary N) is 1. The number of nitriles is 1. The Hall–Kier alpha value is -1.42. The van der Waals surface area contributed by atoms with Gasteiger partial charge >= 0.3 is 0 Å². The van der Waals surface area contributed by atoms with E-state index in [4.69, 9.17) is 10.00 Å². The van der Waals surface area contributed by atoms with Crippen LogP contribution in [0.5, 0.6) is 0 Å². The van der Waals surface area contributed by atoms with Gasteiger partial charge in [-0.2, -0.15) is 5.26 Å². The molecule has 0 saturated carbocycles. The van der Waals surface area contributed by atoms with Crippen LogP contribution < -0.4 is 5.32 Å². The summed E-state index contributed by atoms with van der Waals surface area (Å²) in [5, 5.41) is 12.0. The molecule has 1 fully saturated rings. The van der Waals surface area contributed by atoms with Gasteiger partial charge in [0.15, 0.2) is 9.84 Å². The van der Waals surface area contributed by atoms with Crippen molar-refractivity contribution in [2.24, 2.45) is 5.92 Å². The van der Waals surface area contributed by atoms with Gasteiger partial charge in [0, 0.05) is 6.61 Å². The van der Waals surface area contributed by atoms with Gasteiger partial charge in [0.1, 0.15) is 0 Å². The molecule has 2 rings (SSSR count). The first-order valence-electron chi connectivity index (χ1n) is 7.13. The van der Waals surface area contributed by atoms with E-state index < -0.39 is 9.84 Å². The maximum absolute atomic E-state index is 12.1. The van der Waals surface area contributed by atoms with Crippen molar-refractivity contribution in [2.45, 2.75) is 17.7 Å². The normalized spacial score (nSPS) is 16.5. The Morgan fingerprint density at radius 3 is 2.52 bits per heavy atom. The van der Waals surface area contributed by atoms with Crippen molar-refractivity contribution >= 4 is 9.84 Å². The zero-order valence-electron chi connectivity index (χ0n) is 11.9. The SMILES string of the molecule is N#Cc1ccc(S(=O)(=O)CCOCC2CCNCC2)cc1. The Morgan fingerprint density at radius 2 is 1.90 bits per heavy atom. The van der Waals surface area contributed by atoms with Gasteiger partial charge in [-0.3, -0.25) is 0 Å². The predicted octanol–water partition coefficient (Wildman–Crippen LogP) is 1.35. The zero-order valence-corrected chi connectivity index (χ0v) is 12.7. The van der Waals surface area contributed by atoms with Gasteiger partial charge in [0.25, 0.3) is 0 Å². The fraction of sp³-hybridized carbons (Fsp3) is 0.533. The van der Waals surface area contributed by atoms with E-state index in [0.717, 1.165) is 25.9 Å². The Labute approximate surface area is 125 Å². The van der Waals surface area contributed by atoms with Crippen LogP contribution in [-0.4, -0.2) is 40.5 Å². The first-order valence-corrected chi connectivity index (χ1v) is 8.78. The molecule has 5 nitrogen and oxygen atoms in total. The smallest absolute Gasteiger partial charge is 0.180 e. The molecule has 0 radical (unpaired) electrons. The summed E-state index contributed by atoms with van der Waals surface area (Å²) in [6, 6.07) is 7.95. The molecule has 0 bridgehead atoms. The molecule has 0 unspecified atom stereocenters. The minimum atomic E-state index is -3.33. The van der Waals surface area contributed by atoms with Crippen LogP contribution in [0.4, 0.5) is 0 Å². The molecule has 0 aliphatic carbocycles. The van der Waals surface area contributed by atoms with E-state index in [9.17, 15) is 8.42 Å². The van der Waals surface area contributed by atoms with Gasteiger partial charge in [0.2, 0.25) is 0 Å². The molecule has 0 atom stereocenters. The molecule has 1 heterocycles. The van der Waals surface area contributed by atoms with Crippen molar-refractivity contribution in [1.29, 1.82) is 5.26 Å². The Kier molecular flexibility index (Phi) is 5.74. The number of rotatable bonds is 6. The van der Waals surface area contributed by atoms with E-state index in [-0.39, 0.29) is 17.3 Å². The third kappa shape index (κ3) is 4.81. The van der Waals surface area contributed by atoms with Crippen molar-refractivity contribution in [3.63, 3.8) is 0 Å². The van der Waals surface area contributed by atoms with E-state index in [1.807, 2.05) is 6.07 Å². The van der Waals surface area contributed by atoms with Crippen molar-refractivity contribution in [3.05, 3.63) is 29.8 Å². The summed E-state index contributed by atoms with van der Waals surface area (Å²) < 4.78 is 29.7. The summed E-state index contributed by atoms with van der Waals surface area (Å²) in [4.78, 5) is 0.243. The van der Waals surface area contributed by atoms with E-state index in [1.165, 1.54) is 24.3 Å². The first-order chi connectivity index (χ1) is 10.1. The molecule has 1 aromatic carbocycles.